The first-order chi connectivity index (χ1) is 20.8. The molecule has 8 aromatic rings. The van der Waals surface area contributed by atoms with Gasteiger partial charge in [0.25, 0.3) is 0 Å². The lowest BCUT2D eigenvalue weighted by molar-refractivity contribution is 0.669. The summed E-state index contributed by atoms with van der Waals surface area (Å²) in [6.45, 7) is 0. The van der Waals surface area contributed by atoms with E-state index in [1.165, 1.54) is 33.0 Å². The molecule has 0 bridgehead atoms. The van der Waals surface area contributed by atoms with E-state index in [2.05, 4.69) is 157 Å². The van der Waals surface area contributed by atoms with E-state index in [1.807, 2.05) is 12.1 Å². The largest absolute Gasteiger partial charge is 0.456 e. The van der Waals surface area contributed by atoms with Gasteiger partial charge in [0.2, 0.25) is 0 Å². The summed E-state index contributed by atoms with van der Waals surface area (Å²) < 4.78 is 6.05. The van der Waals surface area contributed by atoms with Crippen LogP contribution in [0.3, 0.4) is 0 Å². The normalized spacial score (nSPS) is 11.3. The van der Waals surface area contributed by atoms with Crippen molar-refractivity contribution in [2.75, 3.05) is 4.90 Å². The quantitative estimate of drug-likeness (QED) is 0.217. The number of nitrogens with zero attached hydrogens (tertiary/aromatic N) is 1. The van der Waals surface area contributed by atoms with E-state index in [9.17, 15) is 0 Å². The second kappa shape index (κ2) is 10.1. The van der Waals surface area contributed by atoms with Crippen LogP contribution in [0, 0.1) is 0 Å². The molecule has 0 atom stereocenters. The van der Waals surface area contributed by atoms with Gasteiger partial charge in [-0.05, 0) is 87.6 Å². The Morgan fingerprint density at radius 2 is 1.00 bits per heavy atom. The molecule has 0 saturated heterocycles. The molecule has 198 valence electrons. The van der Waals surface area contributed by atoms with Crippen LogP contribution in [-0.2, 0) is 0 Å². The van der Waals surface area contributed by atoms with Crippen molar-refractivity contribution in [3.8, 4) is 22.3 Å². The van der Waals surface area contributed by atoms with Gasteiger partial charge in [-0.3, -0.25) is 0 Å². The van der Waals surface area contributed by atoms with Gasteiger partial charge in [0.15, 0.2) is 0 Å². The number of fused-ring (bicyclic) bond motifs is 4. The van der Waals surface area contributed by atoms with E-state index in [1.54, 1.807) is 0 Å². The van der Waals surface area contributed by atoms with Gasteiger partial charge < -0.3 is 9.32 Å². The zero-order valence-corrected chi connectivity index (χ0v) is 22.9. The molecular formula is C40H27NO. The van der Waals surface area contributed by atoms with Crippen LogP contribution in [0.15, 0.2) is 168 Å². The second-order valence-electron chi connectivity index (χ2n) is 10.6. The number of anilines is 3. The first kappa shape index (κ1) is 24.2. The average molecular weight is 538 g/mol. The minimum absolute atomic E-state index is 0.915. The lowest BCUT2D eigenvalue weighted by atomic mass is 9.97. The molecule has 0 aliphatic carbocycles. The first-order valence-electron chi connectivity index (χ1n) is 14.3. The SMILES string of the molecule is c1ccc(N(c2ccc(-c3ccc4oc5ccccc5c4c3)cc2)c2cccc(-c3cccc4ccccc34)c2)cc1. The van der Waals surface area contributed by atoms with E-state index in [0.29, 0.717) is 0 Å². The van der Waals surface area contributed by atoms with Crippen molar-refractivity contribution in [2.24, 2.45) is 0 Å². The van der Waals surface area contributed by atoms with E-state index in [0.717, 1.165) is 39.0 Å². The smallest absolute Gasteiger partial charge is 0.135 e. The van der Waals surface area contributed by atoms with Gasteiger partial charge in [0, 0.05) is 27.8 Å². The molecule has 0 unspecified atom stereocenters. The molecule has 42 heavy (non-hydrogen) atoms. The highest BCUT2D eigenvalue weighted by Gasteiger charge is 2.15. The highest BCUT2D eigenvalue weighted by molar-refractivity contribution is 6.06. The summed E-state index contributed by atoms with van der Waals surface area (Å²) in [5, 5.41) is 4.79. The van der Waals surface area contributed by atoms with E-state index in [-0.39, 0.29) is 0 Å². The fourth-order valence-corrected chi connectivity index (χ4v) is 6.02. The lowest BCUT2D eigenvalue weighted by Gasteiger charge is -2.26. The second-order valence-corrected chi connectivity index (χ2v) is 10.6. The fraction of sp³-hybridized carbons (Fsp3) is 0. The number of benzene rings is 7. The van der Waals surface area contributed by atoms with Crippen molar-refractivity contribution >= 4 is 49.8 Å². The maximum Gasteiger partial charge on any atom is 0.135 e. The molecule has 1 heterocycles. The average Bonchev–Trinajstić information content (AvgIpc) is 3.44. The number of hydrogen-bond donors (Lipinski definition) is 0. The van der Waals surface area contributed by atoms with Gasteiger partial charge in [0.1, 0.15) is 11.2 Å². The molecule has 0 spiro atoms. The number of hydrogen-bond acceptors (Lipinski definition) is 2. The van der Waals surface area contributed by atoms with Gasteiger partial charge in [0.05, 0.1) is 0 Å². The van der Waals surface area contributed by atoms with Crippen molar-refractivity contribution in [2.45, 2.75) is 0 Å². The summed E-state index contributed by atoms with van der Waals surface area (Å²) in [6.07, 6.45) is 0. The number of furan rings is 1. The minimum atomic E-state index is 0.915. The monoisotopic (exact) mass is 537 g/mol. The predicted molar refractivity (Wildman–Crippen MR) is 177 cm³/mol. The van der Waals surface area contributed by atoms with Crippen LogP contribution >= 0.6 is 0 Å². The van der Waals surface area contributed by atoms with Crippen LogP contribution in [0.1, 0.15) is 0 Å². The third-order valence-corrected chi connectivity index (χ3v) is 8.05. The van der Waals surface area contributed by atoms with Crippen molar-refractivity contribution < 1.29 is 4.42 Å². The molecule has 2 nitrogen and oxygen atoms in total. The molecule has 2 heteroatoms. The maximum atomic E-state index is 6.05. The molecule has 0 aliphatic heterocycles. The summed E-state index contributed by atoms with van der Waals surface area (Å²) in [7, 11) is 0. The molecule has 8 rings (SSSR count). The topological polar surface area (TPSA) is 16.4 Å². The molecular weight excluding hydrogens is 510 g/mol. The van der Waals surface area contributed by atoms with Gasteiger partial charge in [-0.1, -0.05) is 109 Å². The van der Waals surface area contributed by atoms with Gasteiger partial charge in [-0.25, -0.2) is 0 Å². The van der Waals surface area contributed by atoms with Gasteiger partial charge in [-0.15, -0.1) is 0 Å². The van der Waals surface area contributed by atoms with Crippen LogP contribution in [0.5, 0.6) is 0 Å². The summed E-state index contributed by atoms with van der Waals surface area (Å²) in [4.78, 5) is 2.32. The Morgan fingerprint density at radius 1 is 0.357 bits per heavy atom. The zero-order chi connectivity index (χ0) is 27.9. The number of rotatable bonds is 5. The van der Waals surface area contributed by atoms with Gasteiger partial charge in [-0.2, -0.15) is 0 Å². The third-order valence-electron chi connectivity index (χ3n) is 8.05. The molecule has 1 aromatic heterocycles. The van der Waals surface area contributed by atoms with Crippen LogP contribution in [0.4, 0.5) is 17.1 Å². The molecule has 0 amide bonds. The summed E-state index contributed by atoms with van der Waals surface area (Å²) >= 11 is 0. The lowest BCUT2D eigenvalue weighted by Crippen LogP contribution is -2.09. The molecule has 0 aliphatic rings. The van der Waals surface area contributed by atoms with Crippen molar-refractivity contribution in [1.82, 2.24) is 0 Å². The Kier molecular flexibility index (Phi) is 5.82. The third kappa shape index (κ3) is 4.22. The van der Waals surface area contributed by atoms with Crippen LogP contribution in [0.2, 0.25) is 0 Å². The molecule has 0 fully saturated rings. The highest BCUT2D eigenvalue weighted by atomic mass is 16.3. The molecule has 0 N–H and O–H groups in total. The van der Waals surface area contributed by atoms with Crippen molar-refractivity contribution in [3.63, 3.8) is 0 Å². The van der Waals surface area contributed by atoms with E-state index >= 15 is 0 Å². The van der Waals surface area contributed by atoms with E-state index < -0.39 is 0 Å². The van der Waals surface area contributed by atoms with Crippen LogP contribution in [-0.4, -0.2) is 0 Å². The highest BCUT2D eigenvalue weighted by Crippen LogP contribution is 2.39. The fourth-order valence-electron chi connectivity index (χ4n) is 6.02. The Bertz CT molecular complexity index is 2190. The summed E-state index contributed by atoms with van der Waals surface area (Å²) in [6, 6.07) is 58.0. The Balaban J connectivity index is 1.21. The maximum absolute atomic E-state index is 6.05. The van der Waals surface area contributed by atoms with Crippen LogP contribution < -0.4 is 4.90 Å². The number of para-hydroxylation sites is 2. The zero-order valence-electron chi connectivity index (χ0n) is 22.9. The van der Waals surface area contributed by atoms with Crippen molar-refractivity contribution in [3.05, 3.63) is 164 Å². The van der Waals surface area contributed by atoms with Crippen LogP contribution in [0.25, 0.3) is 55.0 Å². The van der Waals surface area contributed by atoms with Crippen molar-refractivity contribution in [1.29, 1.82) is 0 Å². The Hall–Kier alpha value is -5.60. The predicted octanol–water partition coefficient (Wildman–Crippen LogP) is 11.5. The Labute approximate surface area is 244 Å². The van der Waals surface area contributed by atoms with Gasteiger partial charge >= 0.3 is 0 Å². The van der Waals surface area contributed by atoms with E-state index in [4.69, 9.17) is 4.42 Å². The molecule has 7 aromatic carbocycles. The first-order valence-corrected chi connectivity index (χ1v) is 14.3. The summed E-state index contributed by atoms with van der Waals surface area (Å²) in [5.74, 6) is 0. The minimum Gasteiger partial charge on any atom is -0.456 e. The molecule has 0 radical (unpaired) electrons. The summed E-state index contributed by atoms with van der Waals surface area (Å²) in [5.41, 5.74) is 9.95. The Morgan fingerprint density at radius 3 is 1.88 bits per heavy atom. The molecule has 0 saturated carbocycles. The standard InChI is InChI=1S/C40H27NO/c1-2-13-32(14-3-1)41(34-15-8-12-31(26-34)36-18-9-11-29-10-4-5-16-35(29)36)33-23-20-28(21-24-33)30-22-25-40-38(27-30)37-17-6-7-19-39(37)42-40/h1-27H.